The van der Waals surface area contributed by atoms with Crippen molar-refractivity contribution >= 4 is 34.1 Å². The normalized spacial score (nSPS) is 19.5. The number of aromatic nitrogens is 3. The molecule has 4 aromatic rings. The van der Waals surface area contributed by atoms with Crippen molar-refractivity contribution in [2.45, 2.75) is 25.3 Å². The van der Waals surface area contributed by atoms with Crippen molar-refractivity contribution in [2.75, 3.05) is 24.3 Å². The third-order valence-electron chi connectivity index (χ3n) is 6.68. The summed E-state index contributed by atoms with van der Waals surface area (Å²) in [6.07, 6.45) is 6.68. The third-order valence-corrected chi connectivity index (χ3v) is 6.68. The van der Waals surface area contributed by atoms with Gasteiger partial charge in [0.1, 0.15) is 11.3 Å². The molecule has 1 amide bonds. The van der Waals surface area contributed by atoms with Crippen LogP contribution in [0.2, 0.25) is 0 Å². The van der Waals surface area contributed by atoms with Gasteiger partial charge in [-0.1, -0.05) is 18.2 Å². The van der Waals surface area contributed by atoms with Gasteiger partial charge in [0.05, 0.1) is 35.3 Å². The monoisotopic (exact) mass is 484 g/mol. The number of ether oxygens (including phenoxy) is 1. The number of nitrogens with one attached hydrogen (secondary N) is 4. The number of anilines is 3. The Kier molecular flexibility index (Phi) is 5.32. The lowest BCUT2D eigenvalue weighted by molar-refractivity contribution is 0.0941. The molecule has 5 heterocycles. The van der Waals surface area contributed by atoms with Crippen molar-refractivity contribution in [3.05, 3.63) is 71.8 Å². The Hall–Kier alpha value is -4.40. The number of fused-ring (bicyclic) bond motifs is 3. The number of methoxy groups -OCH3 is 1. The number of carbonyl (C=O) groups is 1. The van der Waals surface area contributed by atoms with Crippen LogP contribution in [-0.2, 0) is 0 Å². The summed E-state index contributed by atoms with van der Waals surface area (Å²) in [6.45, 7) is 2.58. The van der Waals surface area contributed by atoms with Gasteiger partial charge in [0.2, 0.25) is 0 Å². The number of benzene rings is 1. The van der Waals surface area contributed by atoms with Crippen LogP contribution < -0.4 is 20.7 Å². The van der Waals surface area contributed by atoms with Crippen molar-refractivity contribution in [1.29, 1.82) is 0 Å². The summed E-state index contributed by atoms with van der Waals surface area (Å²) >= 11 is 0. The summed E-state index contributed by atoms with van der Waals surface area (Å²) in [6, 6.07) is 10.4. The van der Waals surface area contributed by atoms with E-state index in [9.17, 15) is 9.18 Å². The van der Waals surface area contributed by atoms with E-state index in [1.165, 1.54) is 13.2 Å². The quantitative estimate of drug-likeness (QED) is 0.302. The maximum absolute atomic E-state index is 14.5. The van der Waals surface area contributed by atoms with Crippen molar-refractivity contribution in [3.63, 3.8) is 0 Å². The summed E-state index contributed by atoms with van der Waals surface area (Å²) in [5.74, 6) is 0.146. The number of aromatic amines is 1. The first-order valence-corrected chi connectivity index (χ1v) is 11.9. The molecule has 2 atom stereocenters. The number of para-hydroxylation sites is 1. The van der Waals surface area contributed by atoms with E-state index in [-0.39, 0.29) is 23.6 Å². The average molecular weight is 485 g/mol. The molecule has 4 bridgehead atoms. The minimum Gasteiger partial charge on any atom is -0.492 e. The molecule has 2 aliphatic heterocycles. The van der Waals surface area contributed by atoms with Gasteiger partial charge in [-0.25, -0.2) is 9.37 Å². The van der Waals surface area contributed by atoms with E-state index >= 15 is 0 Å². The Morgan fingerprint density at radius 2 is 2.08 bits per heavy atom. The minimum atomic E-state index is -0.496. The molecule has 0 unspecified atom stereocenters. The van der Waals surface area contributed by atoms with E-state index < -0.39 is 5.82 Å². The molecule has 0 fully saturated rings. The summed E-state index contributed by atoms with van der Waals surface area (Å²) in [4.78, 5) is 26.1. The van der Waals surface area contributed by atoms with Crippen LogP contribution in [0.3, 0.4) is 0 Å². The van der Waals surface area contributed by atoms with Crippen LogP contribution in [0.15, 0.2) is 54.7 Å². The van der Waals surface area contributed by atoms with Crippen molar-refractivity contribution in [1.82, 2.24) is 20.3 Å². The lowest BCUT2D eigenvalue weighted by atomic mass is 9.93. The Bertz CT molecular complexity index is 1530. The number of hydrogen-bond donors (Lipinski definition) is 4. The molecule has 36 heavy (non-hydrogen) atoms. The van der Waals surface area contributed by atoms with Crippen molar-refractivity contribution in [2.24, 2.45) is 0 Å². The van der Waals surface area contributed by atoms with Crippen molar-refractivity contribution < 1.29 is 13.9 Å². The Morgan fingerprint density at radius 3 is 2.94 bits per heavy atom. The van der Waals surface area contributed by atoms with Gasteiger partial charge in [-0.05, 0) is 43.7 Å². The molecule has 3 aromatic heterocycles. The number of nitrogens with zero attached hydrogens (tertiary/aromatic N) is 2. The maximum Gasteiger partial charge on any atom is 0.255 e. The summed E-state index contributed by atoms with van der Waals surface area (Å²) < 4.78 is 19.9. The highest BCUT2D eigenvalue weighted by molar-refractivity contribution is 6.08. The van der Waals surface area contributed by atoms with Crippen LogP contribution in [0, 0.1) is 5.82 Å². The topological polar surface area (TPSA) is 104 Å². The molecule has 0 spiro atoms. The molecule has 0 saturated heterocycles. The molecule has 0 radical (unpaired) electrons. The molecule has 1 aromatic carbocycles. The fourth-order valence-electron chi connectivity index (χ4n) is 4.98. The molecular weight excluding hydrogens is 459 g/mol. The second-order valence-electron chi connectivity index (χ2n) is 9.04. The number of pyridine rings is 2. The zero-order valence-electron chi connectivity index (χ0n) is 19.9. The Balaban J connectivity index is 1.64. The van der Waals surface area contributed by atoms with Crippen LogP contribution in [0.25, 0.3) is 22.3 Å². The molecule has 4 N–H and O–H groups in total. The van der Waals surface area contributed by atoms with Gasteiger partial charge in [0, 0.05) is 36.0 Å². The SMILES string of the molecule is COc1c(F)cccc1Nc1c2[nH]c3c1C(=O)NC[C@@H]3C/C=C\[C@@H](C)Nc1ccc3nccc-2c3n1. The average Bonchev–Trinajstić information content (AvgIpc) is 3.25. The van der Waals surface area contributed by atoms with Crippen molar-refractivity contribution in [3.8, 4) is 17.0 Å². The molecule has 0 aliphatic carbocycles. The molecule has 9 heteroatoms. The number of rotatable bonds is 3. The van der Waals surface area contributed by atoms with Crippen LogP contribution in [-0.4, -0.2) is 40.6 Å². The van der Waals surface area contributed by atoms with Crippen LogP contribution in [0.4, 0.5) is 21.6 Å². The number of hydrogen-bond acceptors (Lipinski definition) is 6. The van der Waals surface area contributed by atoms with Gasteiger partial charge in [-0.15, -0.1) is 0 Å². The standard InChI is InChI=1S/C27H25FN6O2/c1-14-5-3-6-15-13-30-27(35)21-22(15)34-24(25(21)32-19-8-4-7-17(28)26(19)36-2)16-11-12-29-18-9-10-20(31-14)33-23(16)18/h3-5,7-12,14-15,32,34H,6,13H2,1-2H3,(H,30,35)(H,31,33)/b5-3-/t14-,15+/m1/s1. The van der Waals surface area contributed by atoms with Crippen LogP contribution >= 0.6 is 0 Å². The minimum absolute atomic E-state index is 0.0407. The zero-order chi connectivity index (χ0) is 24.8. The number of allylic oxidation sites excluding steroid dienone is 1. The smallest absolute Gasteiger partial charge is 0.255 e. The van der Waals surface area contributed by atoms with E-state index in [0.717, 1.165) is 29.0 Å². The molecule has 182 valence electrons. The summed E-state index contributed by atoms with van der Waals surface area (Å²) in [5, 5.41) is 9.76. The lowest BCUT2D eigenvalue weighted by Gasteiger charge is -2.23. The van der Waals surface area contributed by atoms with Gasteiger partial charge < -0.3 is 25.7 Å². The lowest BCUT2D eigenvalue weighted by Crippen LogP contribution is -2.34. The third kappa shape index (κ3) is 3.64. The number of amides is 1. The van der Waals surface area contributed by atoms with Gasteiger partial charge >= 0.3 is 0 Å². The highest BCUT2D eigenvalue weighted by Crippen LogP contribution is 2.43. The predicted molar refractivity (Wildman–Crippen MR) is 137 cm³/mol. The molecule has 0 saturated carbocycles. The fourth-order valence-corrected chi connectivity index (χ4v) is 4.98. The fraction of sp³-hybridized carbons (Fsp3) is 0.222. The van der Waals surface area contributed by atoms with Crippen LogP contribution in [0.5, 0.6) is 5.75 Å². The molecule has 8 nitrogen and oxygen atoms in total. The molecular formula is C27H25FN6O2. The largest absolute Gasteiger partial charge is 0.492 e. The highest BCUT2D eigenvalue weighted by atomic mass is 19.1. The highest BCUT2D eigenvalue weighted by Gasteiger charge is 2.33. The van der Waals surface area contributed by atoms with Gasteiger partial charge in [0.15, 0.2) is 11.6 Å². The Morgan fingerprint density at radius 1 is 1.19 bits per heavy atom. The zero-order valence-corrected chi connectivity index (χ0v) is 19.9. The first-order valence-electron chi connectivity index (χ1n) is 11.9. The Labute approximate surface area is 207 Å². The predicted octanol–water partition coefficient (Wildman–Crippen LogP) is 5.10. The van der Waals surface area contributed by atoms with E-state index in [1.807, 2.05) is 18.2 Å². The number of halogens is 1. The van der Waals surface area contributed by atoms with Gasteiger partial charge in [-0.3, -0.25) is 9.78 Å². The van der Waals surface area contributed by atoms with Gasteiger partial charge in [0.25, 0.3) is 5.91 Å². The second-order valence-corrected chi connectivity index (χ2v) is 9.04. The van der Waals surface area contributed by atoms with E-state index in [2.05, 4.69) is 45.0 Å². The molecule has 2 aliphatic rings. The van der Waals surface area contributed by atoms with E-state index in [0.29, 0.717) is 34.7 Å². The maximum atomic E-state index is 14.5. The van der Waals surface area contributed by atoms with E-state index in [4.69, 9.17) is 9.72 Å². The molecule has 6 rings (SSSR count). The first-order chi connectivity index (χ1) is 17.5. The summed E-state index contributed by atoms with van der Waals surface area (Å²) in [5.41, 5.74) is 5.16. The number of H-pyrrole nitrogens is 1. The summed E-state index contributed by atoms with van der Waals surface area (Å²) in [7, 11) is 1.42. The van der Waals surface area contributed by atoms with E-state index in [1.54, 1.807) is 18.3 Å². The second kappa shape index (κ2) is 8.67. The van der Waals surface area contributed by atoms with Crippen LogP contribution in [0.1, 0.15) is 35.3 Å². The number of carbonyl (C=O) groups excluding carboxylic acids is 1. The first kappa shape index (κ1) is 22.1. The van der Waals surface area contributed by atoms with Gasteiger partial charge in [-0.2, -0.15) is 0 Å².